The smallest absolute Gasteiger partial charge is 0.322 e. The number of halogens is 3. The number of rotatable bonds is 2. The molecule has 0 spiro atoms. The molecule has 0 radical (unpaired) electrons. The third-order valence-electron chi connectivity index (χ3n) is 1.52. The molecule has 1 aromatic rings. The molecule has 0 fully saturated rings. The molecule has 0 amide bonds. The van der Waals surface area contributed by atoms with Gasteiger partial charge < -0.3 is 5.73 Å². The Kier molecular flexibility index (Phi) is 2.98. The minimum atomic E-state index is -3.23. The second-order valence-corrected chi connectivity index (χ2v) is 3.80. The molecule has 70 valence electrons. The summed E-state index contributed by atoms with van der Waals surface area (Å²) in [6.45, 7) is 0. The molecular formula is C8H6BrF2NS. The maximum Gasteiger partial charge on any atom is 0.322 e. The fourth-order valence-corrected chi connectivity index (χ4v) is 1.18. The minimum Gasteiger partial charge on any atom is -0.388 e. The lowest BCUT2D eigenvalue weighted by molar-refractivity contribution is 0.0775. The molecule has 0 aliphatic carbocycles. The summed E-state index contributed by atoms with van der Waals surface area (Å²) in [6.07, 6.45) is 0. The molecule has 1 aromatic carbocycles. The highest BCUT2D eigenvalue weighted by molar-refractivity contribution is 9.10. The van der Waals surface area contributed by atoms with E-state index in [4.69, 9.17) is 5.73 Å². The Morgan fingerprint density at radius 2 is 1.77 bits per heavy atom. The summed E-state index contributed by atoms with van der Waals surface area (Å²) in [5, 5.41) is 0. The Labute approximate surface area is 88.1 Å². The molecule has 5 heteroatoms. The van der Waals surface area contributed by atoms with E-state index in [1.54, 1.807) is 0 Å². The van der Waals surface area contributed by atoms with E-state index in [0.717, 1.165) is 4.47 Å². The molecule has 0 saturated carbocycles. The second kappa shape index (κ2) is 3.67. The van der Waals surface area contributed by atoms with Crippen molar-refractivity contribution in [3.8, 4) is 0 Å². The highest BCUT2D eigenvalue weighted by Crippen LogP contribution is 2.28. The van der Waals surface area contributed by atoms with Gasteiger partial charge in [0.25, 0.3) is 0 Å². The third kappa shape index (κ3) is 2.22. The van der Waals surface area contributed by atoms with E-state index in [1.807, 2.05) is 0 Å². The van der Waals surface area contributed by atoms with Gasteiger partial charge in [-0.25, -0.2) is 0 Å². The molecule has 0 saturated heterocycles. The number of thiocarbonyl (C=S) groups is 1. The Hall–Kier alpha value is -0.550. The van der Waals surface area contributed by atoms with Crippen molar-refractivity contribution in [1.82, 2.24) is 0 Å². The van der Waals surface area contributed by atoms with Gasteiger partial charge in [-0.3, -0.25) is 0 Å². The van der Waals surface area contributed by atoms with Gasteiger partial charge in [0, 0.05) is 10.0 Å². The van der Waals surface area contributed by atoms with E-state index in [2.05, 4.69) is 28.1 Å². The van der Waals surface area contributed by atoms with Gasteiger partial charge in [-0.05, 0) is 12.1 Å². The SMILES string of the molecule is NC(=S)C(F)(F)c1ccc(Br)cc1. The normalized spacial score (nSPS) is 11.3. The van der Waals surface area contributed by atoms with E-state index < -0.39 is 10.9 Å². The first-order valence-corrected chi connectivity index (χ1v) is 4.58. The van der Waals surface area contributed by atoms with Crippen LogP contribution in [0.5, 0.6) is 0 Å². The summed E-state index contributed by atoms with van der Waals surface area (Å²) in [4.78, 5) is -0.810. The van der Waals surface area contributed by atoms with Gasteiger partial charge >= 0.3 is 5.92 Å². The summed E-state index contributed by atoms with van der Waals surface area (Å²) >= 11 is 7.40. The molecule has 0 aromatic heterocycles. The Bertz CT molecular complexity index is 323. The van der Waals surface area contributed by atoms with Crippen LogP contribution in [0.4, 0.5) is 8.78 Å². The first-order chi connectivity index (χ1) is 5.94. The Morgan fingerprint density at radius 3 is 2.15 bits per heavy atom. The summed E-state index contributed by atoms with van der Waals surface area (Å²) in [6, 6.07) is 5.59. The van der Waals surface area contributed by atoms with Gasteiger partial charge in [0.05, 0.1) is 0 Å². The highest BCUT2D eigenvalue weighted by atomic mass is 79.9. The van der Waals surface area contributed by atoms with Gasteiger partial charge in [0.1, 0.15) is 4.99 Å². The zero-order valence-electron chi connectivity index (χ0n) is 6.43. The second-order valence-electron chi connectivity index (χ2n) is 2.45. The van der Waals surface area contributed by atoms with Crippen molar-refractivity contribution < 1.29 is 8.78 Å². The lowest BCUT2D eigenvalue weighted by Crippen LogP contribution is -2.31. The topological polar surface area (TPSA) is 26.0 Å². The zero-order valence-corrected chi connectivity index (χ0v) is 8.83. The molecule has 1 rings (SSSR count). The first kappa shape index (κ1) is 10.5. The van der Waals surface area contributed by atoms with E-state index in [9.17, 15) is 8.78 Å². The van der Waals surface area contributed by atoms with Gasteiger partial charge in [-0.2, -0.15) is 8.78 Å². The van der Waals surface area contributed by atoms with Crippen molar-refractivity contribution in [3.05, 3.63) is 34.3 Å². The van der Waals surface area contributed by atoms with Crippen LogP contribution >= 0.6 is 28.1 Å². The maximum absolute atomic E-state index is 13.1. The van der Waals surface area contributed by atoms with Crippen LogP contribution in [0.2, 0.25) is 0 Å². The van der Waals surface area contributed by atoms with E-state index >= 15 is 0 Å². The average molecular weight is 266 g/mol. The van der Waals surface area contributed by atoms with Crippen LogP contribution in [-0.2, 0) is 5.92 Å². The average Bonchev–Trinajstić information content (AvgIpc) is 2.04. The van der Waals surface area contributed by atoms with E-state index in [0.29, 0.717) is 0 Å². The number of alkyl halides is 2. The fraction of sp³-hybridized carbons (Fsp3) is 0.125. The zero-order chi connectivity index (χ0) is 10.1. The number of hydrogen-bond donors (Lipinski definition) is 1. The summed E-state index contributed by atoms with van der Waals surface area (Å²) < 4.78 is 27.0. The van der Waals surface area contributed by atoms with Gasteiger partial charge in [-0.1, -0.05) is 40.3 Å². The van der Waals surface area contributed by atoms with E-state index in [-0.39, 0.29) is 5.56 Å². The lowest BCUT2D eigenvalue weighted by Gasteiger charge is -2.14. The van der Waals surface area contributed by atoms with Crippen LogP contribution in [0.15, 0.2) is 28.7 Å². The predicted molar refractivity (Wildman–Crippen MR) is 54.8 cm³/mol. The van der Waals surface area contributed by atoms with Crippen LogP contribution in [0.3, 0.4) is 0 Å². The quantitative estimate of drug-likeness (QED) is 0.833. The third-order valence-corrected chi connectivity index (χ3v) is 2.30. The van der Waals surface area contributed by atoms with Crippen LogP contribution in [0, 0.1) is 0 Å². The summed E-state index contributed by atoms with van der Waals surface area (Å²) in [5.74, 6) is -3.23. The maximum atomic E-state index is 13.1. The summed E-state index contributed by atoms with van der Waals surface area (Å²) in [5.41, 5.74) is 4.72. The molecule has 1 nitrogen and oxygen atoms in total. The Morgan fingerprint density at radius 1 is 1.31 bits per heavy atom. The molecule has 0 atom stereocenters. The molecule has 0 heterocycles. The molecule has 0 aliphatic rings. The highest BCUT2D eigenvalue weighted by Gasteiger charge is 2.34. The first-order valence-electron chi connectivity index (χ1n) is 3.38. The Balaban J connectivity index is 3.08. The van der Waals surface area contributed by atoms with Crippen LogP contribution in [0.1, 0.15) is 5.56 Å². The van der Waals surface area contributed by atoms with Gasteiger partial charge in [-0.15, -0.1) is 0 Å². The fourth-order valence-electron chi connectivity index (χ4n) is 0.801. The number of hydrogen-bond acceptors (Lipinski definition) is 1. The molecule has 0 unspecified atom stereocenters. The van der Waals surface area contributed by atoms with Crippen molar-refractivity contribution in [2.75, 3.05) is 0 Å². The molecule has 0 bridgehead atoms. The van der Waals surface area contributed by atoms with Crippen LogP contribution in [-0.4, -0.2) is 4.99 Å². The predicted octanol–water partition coefficient (Wildman–Crippen LogP) is 2.83. The van der Waals surface area contributed by atoms with Gasteiger partial charge in [0.15, 0.2) is 0 Å². The molecule has 2 N–H and O–H groups in total. The lowest BCUT2D eigenvalue weighted by atomic mass is 10.1. The largest absolute Gasteiger partial charge is 0.388 e. The van der Waals surface area contributed by atoms with Crippen molar-refractivity contribution in [1.29, 1.82) is 0 Å². The van der Waals surface area contributed by atoms with E-state index in [1.165, 1.54) is 24.3 Å². The van der Waals surface area contributed by atoms with Crippen molar-refractivity contribution in [2.45, 2.75) is 5.92 Å². The molecular weight excluding hydrogens is 260 g/mol. The van der Waals surface area contributed by atoms with Crippen LogP contribution < -0.4 is 5.73 Å². The van der Waals surface area contributed by atoms with Crippen LogP contribution in [0.25, 0.3) is 0 Å². The minimum absolute atomic E-state index is 0.191. The summed E-state index contributed by atoms with van der Waals surface area (Å²) in [7, 11) is 0. The van der Waals surface area contributed by atoms with Crippen molar-refractivity contribution in [3.63, 3.8) is 0 Å². The number of nitrogens with two attached hydrogens (primary N) is 1. The van der Waals surface area contributed by atoms with Gasteiger partial charge in [0.2, 0.25) is 0 Å². The number of benzene rings is 1. The monoisotopic (exact) mass is 265 g/mol. The molecule has 13 heavy (non-hydrogen) atoms. The van der Waals surface area contributed by atoms with Crippen molar-refractivity contribution in [2.24, 2.45) is 5.73 Å². The molecule has 0 aliphatic heterocycles. The van der Waals surface area contributed by atoms with Crippen molar-refractivity contribution >= 4 is 33.1 Å². The standard InChI is InChI=1S/C8H6BrF2NS/c9-6-3-1-5(2-4-6)8(10,11)7(12)13/h1-4H,(H2,12,13).